The van der Waals surface area contributed by atoms with E-state index in [1.807, 2.05) is 50.2 Å². The first-order chi connectivity index (χ1) is 11.1. The van der Waals surface area contributed by atoms with E-state index in [1.165, 1.54) is 5.56 Å². The third-order valence-electron chi connectivity index (χ3n) is 3.53. The number of hydrogen-bond donors (Lipinski definition) is 1. The van der Waals surface area contributed by atoms with Crippen molar-refractivity contribution in [3.8, 4) is 11.3 Å². The number of aromatic nitrogens is 1. The molecule has 23 heavy (non-hydrogen) atoms. The lowest BCUT2D eigenvalue weighted by atomic mass is 10.1. The molecule has 0 saturated heterocycles. The highest BCUT2D eigenvalue weighted by Crippen LogP contribution is 2.20. The molecule has 1 N–H and O–H groups in total. The first-order valence-electron chi connectivity index (χ1n) is 7.49. The summed E-state index contributed by atoms with van der Waals surface area (Å²) < 4.78 is 10.7. The number of amides is 1. The van der Waals surface area contributed by atoms with Gasteiger partial charge in [-0.05, 0) is 26.0 Å². The van der Waals surface area contributed by atoms with Crippen LogP contribution in [0.25, 0.3) is 11.3 Å². The average molecular weight is 310 g/mol. The van der Waals surface area contributed by atoms with Gasteiger partial charge < -0.3 is 14.3 Å². The number of nitrogens with zero attached hydrogens (tertiary/aromatic N) is 1. The number of furan rings is 1. The smallest absolute Gasteiger partial charge is 0.273 e. The first-order valence-corrected chi connectivity index (χ1v) is 7.49. The summed E-state index contributed by atoms with van der Waals surface area (Å²) in [5.74, 6) is 2.04. The van der Waals surface area contributed by atoms with Crippen LogP contribution in [0.15, 0.2) is 51.4 Å². The lowest BCUT2D eigenvalue weighted by molar-refractivity contribution is 0.0945. The molecule has 0 saturated carbocycles. The number of rotatable bonds is 5. The third-order valence-corrected chi connectivity index (χ3v) is 3.53. The molecule has 0 spiro atoms. The summed E-state index contributed by atoms with van der Waals surface area (Å²) >= 11 is 0. The molecule has 1 aromatic carbocycles. The van der Waals surface area contributed by atoms with Crippen LogP contribution in [0.5, 0.6) is 0 Å². The van der Waals surface area contributed by atoms with Crippen molar-refractivity contribution in [3.63, 3.8) is 0 Å². The van der Waals surface area contributed by atoms with Crippen LogP contribution in [-0.4, -0.2) is 17.6 Å². The van der Waals surface area contributed by atoms with Crippen molar-refractivity contribution in [2.75, 3.05) is 6.54 Å². The van der Waals surface area contributed by atoms with Crippen molar-refractivity contribution in [3.05, 3.63) is 65.2 Å². The van der Waals surface area contributed by atoms with Crippen LogP contribution >= 0.6 is 0 Å². The molecule has 118 valence electrons. The lowest BCUT2D eigenvalue weighted by Gasteiger charge is -2.00. The van der Waals surface area contributed by atoms with Crippen LogP contribution < -0.4 is 5.32 Å². The van der Waals surface area contributed by atoms with E-state index >= 15 is 0 Å². The molecular weight excluding hydrogens is 292 g/mol. The monoisotopic (exact) mass is 310 g/mol. The second-order valence-corrected chi connectivity index (χ2v) is 5.46. The fraction of sp³-hybridized carbons (Fsp3) is 0.222. The average Bonchev–Trinajstić information content (AvgIpc) is 3.17. The maximum Gasteiger partial charge on any atom is 0.273 e. The van der Waals surface area contributed by atoms with Crippen LogP contribution in [0.3, 0.4) is 0 Å². The standard InChI is InChI=1S/C18H18N2O3/c1-12-3-6-14(7-4-12)17-11-16(20-23-17)18(21)19-10-9-15-8-5-13(2)22-15/h3-8,11H,9-10H2,1-2H3,(H,19,21). The Kier molecular flexibility index (Phi) is 4.28. The summed E-state index contributed by atoms with van der Waals surface area (Å²) in [5.41, 5.74) is 2.34. The number of aryl methyl sites for hydroxylation is 2. The Balaban J connectivity index is 1.58. The first kappa shape index (κ1) is 15.1. The summed E-state index contributed by atoms with van der Waals surface area (Å²) in [6.07, 6.45) is 0.641. The molecule has 0 fully saturated rings. The minimum absolute atomic E-state index is 0.254. The molecule has 0 bridgehead atoms. The number of hydrogen-bond acceptors (Lipinski definition) is 4. The zero-order valence-electron chi connectivity index (χ0n) is 13.1. The van der Waals surface area contributed by atoms with Crippen molar-refractivity contribution in [1.29, 1.82) is 0 Å². The minimum atomic E-state index is -0.254. The topological polar surface area (TPSA) is 68.3 Å². The van der Waals surface area contributed by atoms with Crippen molar-refractivity contribution >= 4 is 5.91 Å². The molecule has 0 aliphatic carbocycles. The second kappa shape index (κ2) is 6.52. The summed E-state index contributed by atoms with van der Waals surface area (Å²) in [7, 11) is 0. The van der Waals surface area contributed by atoms with Gasteiger partial charge in [0.25, 0.3) is 5.91 Å². The van der Waals surface area contributed by atoms with E-state index in [1.54, 1.807) is 6.07 Å². The highest BCUT2D eigenvalue weighted by Gasteiger charge is 2.13. The molecule has 2 aromatic heterocycles. The number of nitrogens with one attached hydrogen (secondary N) is 1. The number of carbonyl (C=O) groups is 1. The Morgan fingerprint density at radius 1 is 1.13 bits per heavy atom. The maximum absolute atomic E-state index is 12.1. The molecule has 2 heterocycles. The zero-order chi connectivity index (χ0) is 16.2. The lowest BCUT2D eigenvalue weighted by Crippen LogP contribution is -2.25. The van der Waals surface area contributed by atoms with Crippen LogP contribution in [0.4, 0.5) is 0 Å². The number of benzene rings is 1. The molecule has 0 aliphatic rings. The van der Waals surface area contributed by atoms with Gasteiger partial charge in [0.15, 0.2) is 11.5 Å². The molecule has 1 amide bonds. The van der Waals surface area contributed by atoms with E-state index in [0.29, 0.717) is 18.7 Å². The van der Waals surface area contributed by atoms with Crippen molar-refractivity contribution in [1.82, 2.24) is 10.5 Å². The van der Waals surface area contributed by atoms with Gasteiger partial charge in [-0.3, -0.25) is 4.79 Å². The molecule has 0 unspecified atom stereocenters. The van der Waals surface area contributed by atoms with Gasteiger partial charge in [0, 0.05) is 24.6 Å². The fourth-order valence-corrected chi connectivity index (χ4v) is 2.25. The summed E-state index contributed by atoms with van der Waals surface area (Å²) in [6, 6.07) is 13.3. The SMILES string of the molecule is Cc1ccc(-c2cc(C(=O)NCCc3ccc(C)o3)no2)cc1. The van der Waals surface area contributed by atoms with Crippen LogP contribution in [0.1, 0.15) is 27.6 Å². The molecule has 5 heteroatoms. The summed E-state index contributed by atoms with van der Waals surface area (Å²) in [6.45, 7) is 4.39. The maximum atomic E-state index is 12.1. The van der Waals surface area contributed by atoms with E-state index in [0.717, 1.165) is 17.1 Å². The minimum Gasteiger partial charge on any atom is -0.466 e. The normalized spacial score (nSPS) is 10.7. The van der Waals surface area contributed by atoms with E-state index < -0.39 is 0 Å². The molecule has 0 aliphatic heterocycles. The molecule has 5 nitrogen and oxygen atoms in total. The highest BCUT2D eigenvalue weighted by molar-refractivity contribution is 5.93. The van der Waals surface area contributed by atoms with Gasteiger partial charge in [-0.1, -0.05) is 35.0 Å². The van der Waals surface area contributed by atoms with Gasteiger partial charge in [0.1, 0.15) is 11.5 Å². The van der Waals surface area contributed by atoms with Gasteiger partial charge in [-0.15, -0.1) is 0 Å². The quantitative estimate of drug-likeness (QED) is 0.783. The summed E-state index contributed by atoms with van der Waals surface area (Å²) in [4.78, 5) is 12.1. The summed E-state index contributed by atoms with van der Waals surface area (Å²) in [5, 5.41) is 6.64. The van der Waals surface area contributed by atoms with Crippen LogP contribution in [0, 0.1) is 13.8 Å². The fourth-order valence-electron chi connectivity index (χ4n) is 2.25. The van der Waals surface area contributed by atoms with E-state index in [4.69, 9.17) is 8.94 Å². The van der Waals surface area contributed by atoms with Gasteiger partial charge in [-0.25, -0.2) is 0 Å². The van der Waals surface area contributed by atoms with Gasteiger partial charge in [0.05, 0.1) is 0 Å². The Hall–Kier alpha value is -2.82. The predicted octanol–water partition coefficient (Wildman–Crippen LogP) is 3.52. The second-order valence-electron chi connectivity index (χ2n) is 5.46. The van der Waals surface area contributed by atoms with Gasteiger partial charge >= 0.3 is 0 Å². The zero-order valence-corrected chi connectivity index (χ0v) is 13.1. The van der Waals surface area contributed by atoms with E-state index in [2.05, 4.69) is 10.5 Å². The molecule has 0 atom stereocenters. The predicted molar refractivity (Wildman–Crippen MR) is 86.2 cm³/mol. The van der Waals surface area contributed by atoms with E-state index in [9.17, 15) is 4.79 Å². The van der Waals surface area contributed by atoms with E-state index in [-0.39, 0.29) is 11.6 Å². The van der Waals surface area contributed by atoms with Crippen molar-refractivity contribution in [2.45, 2.75) is 20.3 Å². The molecule has 0 radical (unpaired) electrons. The Morgan fingerprint density at radius 2 is 1.91 bits per heavy atom. The van der Waals surface area contributed by atoms with Gasteiger partial charge in [0.2, 0.25) is 0 Å². The molecular formula is C18H18N2O3. The third kappa shape index (κ3) is 3.69. The number of carbonyl (C=O) groups excluding carboxylic acids is 1. The Labute approximate surface area is 134 Å². The molecule has 3 aromatic rings. The Bertz CT molecular complexity index is 800. The molecule has 3 rings (SSSR count). The van der Waals surface area contributed by atoms with Crippen molar-refractivity contribution in [2.24, 2.45) is 0 Å². The highest BCUT2D eigenvalue weighted by atomic mass is 16.5. The van der Waals surface area contributed by atoms with Crippen molar-refractivity contribution < 1.29 is 13.7 Å². The van der Waals surface area contributed by atoms with Crippen LogP contribution in [0.2, 0.25) is 0 Å². The van der Waals surface area contributed by atoms with Gasteiger partial charge in [-0.2, -0.15) is 0 Å². The Morgan fingerprint density at radius 3 is 2.61 bits per heavy atom. The largest absolute Gasteiger partial charge is 0.466 e. The van der Waals surface area contributed by atoms with Crippen LogP contribution in [-0.2, 0) is 6.42 Å².